The average molecular weight is 253 g/mol. The molecule has 0 spiro atoms. The summed E-state index contributed by atoms with van der Waals surface area (Å²) in [7, 11) is 0. The molecule has 1 saturated heterocycles. The van der Waals surface area contributed by atoms with E-state index < -0.39 is 0 Å². The molecule has 0 aliphatic carbocycles. The summed E-state index contributed by atoms with van der Waals surface area (Å²) >= 11 is 0.623. The van der Waals surface area contributed by atoms with Crippen LogP contribution >= 0.6 is 0 Å². The molecule has 0 nitrogen and oxygen atoms in total. The molecule has 0 amide bonds. The van der Waals surface area contributed by atoms with E-state index in [4.69, 9.17) is 0 Å². The van der Waals surface area contributed by atoms with E-state index >= 15 is 0 Å². The van der Waals surface area contributed by atoms with Crippen LogP contribution in [0.25, 0.3) is 0 Å². The van der Waals surface area contributed by atoms with Crippen molar-refractivity contribution < 1.29 is 21.2 Å². The van der Waals surface area contributed by atoms with Gasteiger partial charge in [-0.25, -0.2) is 0 Å². The maximum atomic E-state index is 2.35. The fourth-order valence-electron chi connectivity index (χ4n) is 1.52. The molecule has 10 heavy (non-hydrogen) atoms. The molecule has 0 saturated carbocycles. The number of hydrogen-bond donors (Lipinski definition) is 0. The second-order valence-electron chi connectivity index (χ2n) is 3.20. The first kappa shape index (κ1) is 8.82. The summed E-state index contributed by atoms with van der Waals surface area (Å²) in [6.07, 6.45) is 5.97. The van der Waals surface area contributed by atoms with Crippen molar-refractivity contribution in [2.24, 2.45) is 5.92 Å². The van der Waals surface area contributed by atoms with E-state index in [1.54, 1.807) is 10.8 Å². The van der Waals surface area contributed by atoms with Crippen LogP contribution in [0.1, 0.15) is 39.5 Å². The van der Waals surface area contributed by atoms with Gasteiger partial charge in [0.25, 0.3) is 0 Å². The van der Waals surface area contributed by atoms with E-state index in [1.165, 1.54) is 23.2 Å². The second kappa shape index (κ2) is 4.58. The Kier molecular flexibility index (Phi) is 4.04. The monoisotopic (exact) mass is 253 g/mol. The third kappa shape index (κ3) is 2.40. The van der Waals surface area contributed by atoms with Crippen LogP contribution in [0.3, 0.4) is 0 Å². The van der Waals surface area contributed by atoms with Crippen molar-refractivity contribution in [3.05, 3.63) is 0 Å². The van der Waals surface area contributed by atoms with Crippen LogP contribution in [-0.4, -0.2) is 8.35 Å². The molecule has 1 aliphatic heterocycles. The summed E-state index contributed by atoms with van der Waals surface area (Å²) in [5.41, 5.74) is 0. The van der Waals surface area contributed by atoms with E-state index in [1.807, 2.05) is 0 Å². The van der Waals surface area contributed by atoms with E-state index in [9.17, 15) is 0 Å². The molecule has 0 radical (unpaired) electrons. The summed E-state index contributed by atoms with van der Waals surface area (Å²) < 4.78 is 2.83. The van der Waals surface area contributed by atoms with Crippen molar-refractivity contribution in [1.29, 1.82) is 0 Å². The zero-order valence-corrected chi connectivity index (χ0v) is 9.23. The first-order valence-corrected chi connectivity index (χ1v) is 7.21. The van der Waals surface area contributed by atoms with Gasteiger partial charge in [-0.1, -0.05) is 0 Å². The molecular weight excluding hydrogens is 235 g/mol. The number of hydrogen-bond acceptors (Lipinski definition) is 0. The van der Waals surface area contributed by atoms with Gasteiger partial charge in [0.1, 0.15) is 0 Å². The fourth-order valence-corrected chi connectivity index (χ4v) is 6.09. The Balaban J connectivity index is 2.15. The molecule has 0 aromatic rings. The van der Waals surface area contributed by atoms with E-state index in [0.717, 1.165) is 5.92 Å². The molecule has 0 aromatic carbocycles. The summed E-state index contributed by atoms with van der Waals surface area (Å²) in [5, 5.41) is 0. The topological polar surface area (TPSA) is 0 Å². The van der Waals surface area contributed by atoms with Crippen molar-refractivity contribution in [1.82, 2.24) is 0 Å². The average Bonchev–Trinajstić information content (AvgIpc) is 2.37. The van der Waals surface area contributed by atoms with Crippen molar-refractivity contribution in [3.63, 3.8) is 0 Å². The van der Waals surface area contributed by atoms with Crippen molar-refractivity contribution in [3.8, 4) is 0 Å². The van der Waals surface area contributed by atoms with Gasteiger partial charge < -0.3 is 0 Å². The first-order valence-electron chi connectivity index (χ1n) is 4.44. The third-order valence-electron chi connectivity index (χ3n) is 2.29. The number of rotatable bonds is 3. The van der Waals surface area contributed by atoms with Gasteiger partial charge in [0.2, 0.25) is 0 Å². The van der Waals surface area contributed by atoms with Gasteiger partial charge in [-0.3, -0.25) is 0 Å². The molecule has 0 N–H and O–H groups in total. The quantitative estimate of drug-likeness (QED) is 0.477. The Morgan fingerprint density at radius 3 is 2.70 bits per heavy atom. The molecule has 1 unspecified atom stereocenters. The molecule has 0 aromatic heterocycles. The Morgan fingerprint density at radius 2 is 2.20 bits per heavy atom. The normalized spacial score (nSPS) is 33.8. The molecule has 1 aliphatic rings. The van der Waals surface area contributed by atoms with Gasteiger partial charge >= 0.3 is 75.0 Å². The van der Waals surface area contributed by atoms with Gasteiger partial charge in [-0.15, -0.1) is 0 Å². The molecule has 1 rings (SSSR count). The van der Waals surface area contributed by atoms with E-state index in [0.29, 0.717) is 21.2 Å². The Labute approximate surface area is 75.0 Å². The van der Waals surface area contributed by atoms with E-state index in [-0.39, 0.29) is 0 Å². The van der Waals surface area contributed by atoms with Crippen molar-refractivity contribution in [2.45, 2.75) is 43.5 Å². The summed E-state index contributed by atoms with van der Waals surface area (Å²) in [6.45, 7) is 4.67. The molecule has 1 fully saturated rings. The second-order valence-corrected chi connectivity index (χ2v) is 6.73. The number of halogens is 1. The minimum atomic E-state index is 0.623. The zero-order valence-electron chi connectivity index (χ0n) is 7.07. The molecule has 1 heteroatoms. The Hall–Kier alpha value is 0.730. The van der Waals surface area contributed by atoms with Crippen molar-refractivity contribution in [2.75, 3.05) is 4.43 Å². The zero-order chi connectivity index (χ0) is 7.40. The van der Waals surface area contributed by atoms with Crippen LogP contribution in [0.2, 0.25) is 0 Å². The van der Waals surface area contributed by atoms with Crippen LogP contribution in [0, 0.1) is 5.92 Å². The summed E-state index contributed by atoms with van der Waals surface area (Å²) in [5.74, 6) is 1.13. The summed E-state index contributed by atoms with van der Waals surface area (Å²) in [4.78, 5) is 0. The van der Waals surface area contributed by atoms with Crippen molar-refractivity contribution >= 4 is 0 Å². The molecule has 2 atom stereocenters. The Morgan fingerprint density at radius 1 is 1.40 bits per heavy atom. The molecule has 0 bridgehead atoms. The Bertz CT molecular complexity index is 90.7. The van der Waals surface area contributed by atoms with E-state index in [2.05, 4.69) is 13.8 Å². The third-order valence-corrected chi connectivity index (χ3v) is 6.43. The SMILES string of the molecule is CCCC1C[C@@H](CC)C[I-]1. The van der Waals surface area contributed by atoms with Gasteiger partial charge in [0.05, 0.1) is 0 Å². The molecular formula is C9H18I-. The van der Waals surface area contributed by atoms with Gasteiger partial charge in [-0.2, -0.15) is 0 Å². The van der Waals surface area contributed by atoms with Crippen LogP contribution in [0.15, 0.2) is 0 Å². The fraction of sp³-hybridized carbons (Fsp3) is 1.00. The van der Waals surface area contributed by atoms with Gasteiger partial charge in [0, 0.05) is 0 Å². The van der Waals surface area contributed by atoms with Gasteiger partial charge in [0.15, 0.2) is 0 Å². The molecule has 62 valence electrons. The van der Waals surface area contributed by atoms with Crippen LogP contribution < -0.4 is 21.2 Å². The maximum absolute atomic E-state index is 2.35. The first-order chi connectivity index (χ1) is 4.86. The standard InChI is InChI=1S/C9H18I/c1-3-5-9-6-8(4-2)7-10-9/h8-9H,3-7H2,1-2H3/q-1/t8-,9?/m1/s1. The summed E-state index contributed by atoms with van der Waals surface area (Å²) in [6, 6.07) is 0. The molecule has 1 heterocycles. The minimum absolute atomic E-state index is 0.623. The van der Waals surface area contributed by atoms with Crippen LogP contribution in [-0.2, 0) is 0 Å². The van der Waals surface area contributed by atoms with Gasteiger partial charge in [-0.05, 0) is 0 Å². The van der Waals surface area contributed by atoms with Crippen LogP contribution in [0.4, 0.5) is 0 Å². The number of alkyl halides is 2. The predicted molar refractivity (Wildman–Crippen MR) is 42.0 cm³/mol. The predicted octanol–water partition coefficient (Wildman–Crippen LogP) is -0.326. The van der Waals surface area contributed by atoms with Crippen LogP contribution in [0.5, 0.6) is 0 Å².